The van der Waals surface area contributed by atoms with E-state index in [9.17, 15) is 36.0 Å². The Kier molecular flexibility index (Phi) is 9.99. The lowest BCUT2D eigenvalue weighted by atomic mass is 9.93. The van der Waals surface area contributed by atoms with Gasteiger partial charge in [0, 0.05) is 0 Å². The maximum Gasteiger partial charge on any atom is 0.419 e. The van der Waals surface area contributed by atoms with Crippen molar-refractivity contribution in [2.24, 2.45) is 5.73 Å². The zero-order chi connectivity index (χ0) is 25.4. The van der Waals surface area contributed by atoms with Gasteiger partial charge in [-0.15, -0.1) is 0 Å². The number of hydrogen-bond acceptors (Lipinski definition) is 5. The van der Waals surface area contributed by atoms with Crippen LogP contribution in [0, 0.1) is 0 Å². The molecule has 190 valence electrons. The lowest BCUT2D eigenvalue weighted by Gasteiger charge is -2.26. The molecule has 2 unspecified atom stereocenters. The fourth-order valence-corrected chi connectivity index (χ4v) is 3.73. The van der Waals surface area contributed by atoms with Crippen LogP contribution >= 0.6 is 8.69 Å². The largest absolute Gasteiger partial charge is 0.493 e. The van der Waals surface area contributed by atoms with Crippen molar-refractivity contribution in [2.45, 2.75) is 43.6 Å². The number of rotatable bonds is 12. The monoisotopic (exact) mass is 513 g/mol. The summed E-state index contributed by atoms with van der Waals surface area (Å²) in [6, 6.07) is 8.49. The normalized spacial score (nSPS) is 14.5. The maximum atomic E-state index is 13.6. The second-order valence-electron chi connectivity index (χ2n) is 7.86. The molecule has 0 aliphatic heterocycles. The van der Waals surface area contributed by atoms with Crippen LogP contribution in [-0.4, -0.2) is 30.5 Å². The van der Waals surface area contributed by atoms with Crippen LogP contribution in [0.5, 0.6) is 5.75 Å². The first-order valence-corrected chi connectivity index (χ1v) is 11.3. The average Bonchev–Trinajstić information content (AvgIpc) is 2.78. The van der Waals surface area contributed by atoms with Crippen LogP contribution in [0.4, 0.5) is 26.3 Å². The smallest absolute Gasteiger partial charge is 0.419 e. The molecule has 5 nitrogen and oxygen atoms in total. The van der Waals surface area contributed by atoms with Crippen LogP contribution in [0.1, 0.15) is 35.1 Å². The van der Waals surface area contributed by atoms with Gasteiger partial charge in [-0.2, -0.15) is 26.3 Å². The molecular formula is C22H26F6NO4P. The number of aryl methyl sites for hydroxylation is 2. The molecule has 0 amide bonds. The molecule has 2 aromatic carbocycles. The first-order valence-electron chi connectivity index (χ1n) is 10.3. The third-order valence-corrected chi connectivity index (χ3v) is 5.49. The molecule has 2 atom stereocenters. The van der Waals surface area contributed by atoms with E-state index in [-0.39, 0.29) is 50.0 Å². The van der Waals surface area contributed by atoms with E-state index in [2.05, 4.69) is 0 Å². The first-order chi connectivity index (χ1) is 15.9. The second-order valence-corrected chi connectivity index (χ2v) is 8.39. The van der Waals surface area contributed by atoms with Crippen molar-refractivity contribution in [3.63, 3.8) is 0 Å². The Hall–Kier alpha value is -2.07. The molecule has 34 heavy (non-hydrogen) atoms. The Morgan fingerprint density at radius 1 is 0.941 bits per heavy atom. The highest BCUT2D eigenvalue weighted by atomic mass is 31.1. The molecule has 0 saturated heterocycles. The van der Waals surface area contributed by atoms with Crippen LogP contribution in [0.2, 0.25) is 0 Å². The predicted molar refractivity (Wildman–Crippen MR) is 115 cm³/mol. The molecule has 0 aromatic heterocycles. The second kappa shape index (κ2) is 12.1. The highest BCUT2D eigenvalue weighted by Gasteiger charge is 2.35. The number of benzene rings is 2. The van der Waals surface area contributed by atoms with Crippen molar-refractivity contribution in [3.05, 3.63) is 64.7 Å². The van der Waals surface area contributed by atoms with Crippen LogP contribution in [0.3, 0.4) is 0 Å². The fraction of sp³-hybridized carbons (Fsp3) is 0.455. The summed E-state index contributed by atoms with van der Waals surface area (Å²) in [6.07, 6.45) is -9.00. The number of nitrogens with two attached hydrogens (primary N) is 1. The van der Waals surface area contributed by atoms with Crippen LogP contribution in [0.25, 0.3) is 0 Å². The molecule has 0 aliphatic carbocycles. The van der Waals surface area contributed by atoms with E-state index in [1.165, 1.54) is 24.3 Å². The van der Waals surface area contributed by atoms with Gasteiger partial charge in [-0.25, -0.2) is 0 Å². The molecule has 0 spiro atoms. The van der Waals surface area contributed by atoms with Crippen molar-refractivity contribution < 1.29 is 45.3 Å². The van der Waals surface area contributed by atoms with Crippen molar-refractivity contribution in [3.8, 4) is 5.75 Å². The Morgan fingerprint density at radius 2 is 1.62 bits per heavy atom. The van der Waals surface area contributed by atoms with Gasteiger partial charge in [-0.1, -0.05) is 24.3 Å². The van der Waals surface area contributed by atoms with Gasteiger partial charge in [0.2, 0.25) is 0 Å². The van der Waals surface area contributed by atoms with Crippen molar-refractivity contribution in [2.75, 3.05) is 19.8 Å². The summed E-state index contributed by atoms with van der Waals surface area (Å²) < 4.78 is 100. The highest BCUT2D eigenvalue weighted by Crippen LogP contribution is 2.37. The van der Waals surface area contributed by atoms with Gasteiger partial charge >= 0.3 is 12.4 Å². The summed E-state index contributed by atoms with van der Waals surface area (Å²) in [5.74, 6) is -0.431. The van der Waals surface area contributed by atoms with E-state index in [4.69, 9.17) is 15.0 Å². The zero-order valence-corrected chi connectivity index (χ0v) is 19.2. The summed E-state index contributed by atoms with van der Waals surface area (Å²) in [5, 5.41) is 9.42. The fourth-order valence-electron chi connectivity index (χ4n) is 3.33. The molecule has 0 heterocycles. The van der Waals surface area contributed by atoms with E-state index >= 15 is 0 Å². The Morgan fingerprint density at radius 3 is 2.24 bits per heavy atom. The topological polar surface area (TPSA) is 81.8 Å². The van der Waals surface area contributed by atoms with Gasteiger partial charge in [0.15, 0.2) is 8.69 Å². The van der Waals surface area contributed by atoms with Gasteiger partial charge in [-0.05, 0) is 55.0 Å². The summed E-state index contributed by atoms with van der Waals surface area (Å²) in [6.45, 7) is -0.912. The van der Waals surface area contributed by atoms with Crippen LogP contribution in [0.15, 0.2) is 42.5 Å². The van der Waals surface area contributed by atoms with E-state index in [1.807, 2.05) is 0 Å². The summed E-state index contributed by atoms with van der Waals surface area (Å²) in [5.41, 5.74) is 3.21. The van der Waals surface area contributed by atoms with Gasteiger partial charge in [-0.3, -0.25) is 4.57 Å². The maximum absolute atomic E-state index is 13.6. The zero-order valence-electron chi connectivity index (χ0n) is 18.1. The molecule has 0 aliphatic rings. The number of alkyl halides is 6. The number of aliphatic hydroxyl groups excluding tert-OH is 1. The molecule has 2 aromatic rings. The standard InChI is InChI=1S/C22H26F6NO4P/c23-21(24,25)17-6-2-1-4-16(17)5-3-11-32-19-8-7-15(12-18(19)22(26,27)28)9-10-20(29,13-30)14-33-34-31/h1-2,4,6-8,12,30H,3,5,9-11,13-14,29,34H2. The number of ether oxygens (including phenoxy) is 1. The summed E-state index contributed by atoms with van der Waals surface area (Å²) in [7, 11) is -1.53. The van der Waals surface area contributed by atoms with E-state index in [1.54, 1.807) is 0 Å². The lowest BCUT2D eigenvalue weighted by molar-refractivity contribution is -0.139. The minimum atomic E-state index is -4.72. The number of aliphatic hydroxyl groups is 1. The number of halogens is 6. The number of hydrogen-bond donors (Lipinski definition) is 2. The Balaban J connectivity index is 2.05. The molecule has 0 fully saturated rings. The van der Waals surface area contributed by atoms with E-state index < -0.39 is 50.1 Å². The van der Waals surface area contributed by atoms with E-state index in [0.717, 1.165) is 18.2 Å². The Labute approximate surface area is 194 Å². The van der Waals surface area contributed by atoms with Crippen LogP contribution < -0.4 is 10.5 Å². The van der Waals surface area contributed by atoms with Crippen molar-refractivity contribution in [1.82, 2.24) is 0 Å². The lowest BCUT2D eigenvalue weighted by Crippen LogP contribution is -2.47. The molecule has 12 heteroatoms. The summed E-state index contributed by atoms with van der Waals surface area (Å²) >= 11 is 0. The summed E-state index contributed by atoms with van der Waals surface area (Å²) in [4.78, 5) is 0. The Bertz CT molecular complexity index is 954. The molecular weight excluding hydrogens is 487 g/mol. The molecule has 0 saturated carbocycles. The SMILES string of the molecule is NC(CO)(CCc1ccc(OCCCc2ccccc2C(F)(F)F)c(C(F)(F)F)c1)CO[PH2]=O. The van der Waals surface area contributed by atoms with Gasteiger partial charge in [0.25, 0.3) is 0 Å². The third-order valence-electron chi connectivity index (χ3n) is 5.19. The quantitative estimate of drug-likeness (QED) is 0.236. The molecule has 0 bridgehead atoms. The average molecular weight is 513 g/mol. The van der Waals surface area contributed by atoms with Gasteiger partial charge in [0.05, 0.1) is 36.5 Å². The predicted octanol–water partition coefficient (Wildman–Crippen LogP) is 5.05. The highest BCUT2D eigenvalue weighted by molar-refractivity contribution is 7.17. The molecule has 3 N–H and O–H groups in total. The molecule has 0 radical (unpaired) electrons. The van der Waals surface area contributed by atoms with Crippen molar-refractivity contribution in [1.29, 1.82) is 0 Å². The first kappa shape index (κ1) is 28.2. The third kappa shape index (κ3) is 8.30. The van der Waals surface area contributed by atoms with E-state index in [0.29, 0.717) is 0 Å². The minimum absolute atomic E-state index is 0.0119. The molecule has 2 rings (SSSR count). The minimum Gasteiger partial charge on any atom is -0.493 e. The van der Waals surface area contributed by atoms with Gasteiger partial charge in [0.1, 0.15) is 5.75 Å². The van der Waals surface area contributed by atoms with Crippen LogP contribution in [-0.2, 0) is 34.3 Å². The van der Waals surface area contributed by atoms with Gasteiger partial charge < -0.3 is 20.1 Å². The van der Waals surface area contributed by atoms with Crippen molar-refractivity contribution >= 4 is 8.69 Å².